The molecule has 2 heterocycles. The van der Waals surface area contributed by atoms with Crippen LogP contribution in [0.1, 0.15) is 23.7 Å². The highest BCUT2D eigenvalue weighted by atomic mass is 19.1. The Morgan fingerprint density at radius 2 is 2.00 bits per heavy atom. The molecule has 0 saturated carbocycles. The van der Waals surface area contributed by atoms with Crippen LogP contribution >= 0.6 is 0 Å². The second kappa shape index (κ2) is 11.3. The molecule has 2 N–H and O–H groups in total. The zero-order valence-electron chi connectivity index (χ0n) is 19.9. The van der Waals surface area contributed by atoms with Crippen molar-refractivity contribution < 1.29 is 32.2 Å². The quantitative estimate of drug-likeness (QED) is 0.311. The van der Waals surface area contributed by atoms with E-state index in [0.29, 0.717) is 22.3 Å². The van der Waals surface area contributed by atoms with Gasteiger partial charge in [-0.05, 0) is 42.8 Å². The number of aromatic nitrogens is 1. The van der Waals surface area contributed by atoms with Crippen molar-refractivity contribution in [1.82, 2.24) is 4.98 Å². The molecular formula is C27H26F2N2O5. The van der Waals surface area contributed by atoms with E-state index in [0.717, 1.165) is 5.39 Å². The van der Waals surface area contributed by atoms with Crippen LogP contribution in [0.3, 0.4) is 0 Å². The van der Waals surface area contributed by atoms with Gasteiger partial charge in [-0.1, -0.05) is 12.1 Å². The second-order valence-electron chi connectivity index (χ2n) is 8.25. The normalized spacial score (nSPS) is 12.0. The number of nitrogens with two attached hydrogens (primary N) is 1. The first-order chi connectivity index (χ1) is 17.4. The van der Waals surface area contributed by atoms with Gasteiger partial charge in [0.05, 0.1) is 25.0 Å². The van der Waals surface area contributed by atoms with Gasteiger partial charge in [0, 0.05) is 41.9 Å². The number of furan rings is 1. The number of fused-ring (bicyclic) bond motifs is 1. The third-order valence-electron chi connectivity index (χ3n) is 5.56. The molecule has 0 aliphatic rings. The molecule has 9 heteroatoms. The first kappa shape index (κ1) is 25.3. The van der Waals surface area contributed by atoms with Crippen molar-refractivity contribution in [2.24, 2.45) is 5.73 Å². The number of carbonyl (C=O) groups excluding carboxylic acids is 1. The highest BCUT2D eigenvalue weighted by molar-refractivity contribution is 5.93. The van der Waals surface area contributed by atoms with E-state index in [1.165, 1.54) is 31.7 Å². The Bertz CT molecular complexity index is 1370. The van der Waals surface area contributed by atoms with E-state index in [4.69, 9.17) is 24.4 Å². The van der Waals surface area contributed by atoms with Crippen molar-refractivity contribution in [3.8, 4) is 16.9 Å². The van der Waals surface area contributed by atoms with Crippen molar-refractivity contribution in [1.29, 1.82) is 0 Å². The summed E-state index contributed by atoms with van der Waals surface area (Å²) in [6.07, 6.45) is 2.38. The summed E-state index contributed by atoms with van der Waals surface area (Å²) in [6.45, 7) is 1.87. The molecule has 2 aromatic carbocycles. The molecule has 0 aliphatic carbocycles. The minimum absolute atomic E-state index is 0.0341. The van der Waals surface area contributed by atoms with E-state index in [9.17, 15) is 9.18 Å². The second-order valence-corrected chi connectivity index (χ2v) is 8.25. The van der Waals surface area contributed by atoms with Crippen LogP contribution in [0.25, 0.3) is 22.1 Å². The number of ether oxygens (including phenoxy) is 3. The number of hydrogen-bond donors (Lipinski definition) is 1. The molecule has 0 fully saturated rings. The van der Waals surface area contributed by atoms with Gasteiger partial charge in [0.25, 0.3) is 0 Å². The van der Waals surface area contributed by atoms with Crippen LogP contribution in [0.5, 0.6) is 5.75 Å². The Hall–Kier alpha value is -3.82. The van der Waals surface area contributed by atoms with Crippen LogP contribution in [0.4, 0.5) is 8.78 Å². The van der Waals surface area contributed by atoms with E-state index in [1.54, 1.807) is 31.2 Å². The topological polar surface area (TPSA) is 96.8 Å². The monoisotopic (exact) mass is 496 g/mol. The van der Waals surface area contributed by atoms with Gasteiger partial charge in [-0.3, -0.25) is 9.78 Å². The Balaban J connectivity index is 1.61. The summed E-state index contributed by atoms with van der Waals surface area (Å²) in [5.41, 5.74) is 8.02. The van der Waals surface area contributed by atoms with Gasteiger partial charge in [0.15, 0.2) is 17.4 Å². The third kappa shape index (κ3) is 5.53. The Labute approximate surface area is 206 Å². The summed E-state index contributed by atoms with van der Waals surface area (Å²) < 4.78 is 51.4. The number of rotatable bonds is 10. The van der Waals surface area contributed by atoms with Crippen molar-refractivity contribution >= 4 is 16.9 Å². The molecule has 0 spiro atoms. The van der Waals surface area contributed by atoms with Crippen molar-refractivity contribution in [3.05, 3.63) is 83.4 Å². The lowest BCUT2D eigenvalue weighted by Crippen LogP contribution is -2.21. The van der Waals surface area contributed by atoms with Gasteiger partial charge in [0.1, 0.15) is 18.3 Å². The average Bonchev–Trinajstić information content (AvgIpc) is 3.32. The van der Waals surface area contributed by atoms with Crippen LogP contribution in [0, 0.1) is 11.6 Å². The summed E-state index contributed by atoms with van der Waals surface area (Å²) in [5, 5.41) is 0.723. The van der Waals surface area contributed by atoms with Crippen molar-refractivity contribution in [2.45, 2.75) is 32.6 Å². The number of para-hydroxylation sites is 1. The zero-order chi connectivity index (χ0) is 25.7. The maximum absolute atomic E-state index is 15.0. The number of nitrogens with zero attached hydrogens (tertiary/aromatic N) is 1. The van der Waals surface area contributed by atoms with Crippen LogP contribution in [-0.2, 0) is 33.8 Å². The van der Waals surface area contributed by atoms with Gasteiger partial charge >= 0.3 is 5.97 Å². The standard InChI is InChI=1S/C27H26F2N2O5/c1-16(14-33-2)36-24(32)12-18-4-3-5-22(28)27(18)35-15-17-10-19-7-9-34-26(19)21(11-17)20-6-8-31-23(13-30)25(20)29/h3-11,16H,12-15,30H2,1-2H3. The van der Waals surface area contributed by atoms with Crippen LogP contribution in [0.2, 0.25) is 0 Å². The molecule has 36 heavy (non-hydrogen) atoms. The average molecular weight is 497 g/mol. The zero-order valence-corrected chi connectivity index (χ0v) is 19.9. The minimum Gasteiger partial charge on any atom is -0.486 e. The molecule has 1 atom stereocenters. The lowest BCUT2D eigenvalue weighted by molar-refractivity contribution is -0.149. The summed E-state index contributed by atoms with van der Waals surface area (Å²) in [7, 11) is 1.51. The molecule has 1 unspecified atom stereocenters. The Morgan fingerprint density at radius 1 is 1.17 bits per heavy atom. The minimum atomic E-state index is -0.609. The number of pyridine rings is 1. The molecule has 0 amide bonds. The van der Waals surface area contributed by atoms with E-state index >= 15 is 4.39 Å². The summed E-state index contributed by atoms with van der Waals surface area (Å²) in [5.74, 6) is -1.72. The SMILES string of the molecule is COCC(C)OC(=O)Cc1cccc(F)c1OCc1cc(-c2ccnc(CN)c2F)c2occc2c1. The predicted octanol–water partition coefficient (Wildman–Crippen LogP) is 4.93. The van der Waals surface area contributed by atoms with Gasteiger partial charge in [0.2, 0.25) is 0 Å². The van der Waals surface area contributed by atoms with E-state index < -0.39 is 23.7 Å². The summed E-state index contributed by atoms with van der Waals surface area (Å²) in [4.78, 5) is 16.3. The van der Waals surface area contributed by atoms with Crippen LogP contribution in [0.15, 0.2) is 59.3 Å². The number of benzene rings is 2. The van der Waals surface area contributed by atoms with E-state index in [1.807, 2.05) is 6.07 Å². The molecule has 2 aromatic heterocycles. The maximum Gasteiger partial charge on any atom is 0.310 e. The molecule has 0 bridgehead atoms. The number of esters is 1. The van der Waals surface area contributed by atoms with Gasteiger partial charge in [-0.15, -0.1) is 0 Å². The summed E-state index contributed by atoms with van der Waals surface area (Å²) in [6, 6.07) is 11.2. The molecule has 7 nitrogen and oxygen atoms in total. The Morgan fingerprint density at radius 3 is 2.78 bits per heavy atom. The molecule has 4 rings (SSSR count). The fraction of sp³-hybridized carbons (Fsp3) is 0.259. The molecule has 0 saturated heterocycles. The molecule has 188 valence electrons. The lowest BCUT2D eigenvalue weighted by atomic mass is 10.00. The van der Waals surface area contributed by atoms with Crippen LogP contribution < -0.4 is 10.5 Å². The fourth-order valence-corrected chi connectivity index (χ4v) is 3.97. The first-order valence-corrected chi connectivity index (χ1v) is 11.3. The van der Waals surface area contributed by atoms with E-state index in [-0.39, 0.29) is 43.2 Å². The van der Waals surface area contributed by atoms with Crippen molar-refractivity contribution in [2.75, 3.05) is 13.7 Å². The molecule has 0 radical (unpaired) electrons. The number of hydrogen-bond acceptors (Lipinski definition) is 7. The van der Waals surface area contributed by atoms with Crippen molar-refractivity contribution in [3.63, 3.8) is 0 Å². The number of halogens is 2. The first-order valence-electron chi connectivity index (χ1n) is 11.3. The maximum atomic E-state index is 15.0. The molecule has 0 aliphatic heterocycles. The van der Waals surface area contributed by atoms with Gasteiger partial charge in [-0.2, -0.15) is 0 Å². The largest absolute Gasteiger partial charge is 0.486 e. The van der Waals surface area contributed by atoms with Gasteiger partial charge < -0.3 is 24.4 Å². The lowest BCUT2D eigenvalue weighted by Gasteiger charge is -2.15. The third-order valence-corrected chi connectivity index (χ3v) is 5.56. The Kier molecular flexibility index (Phi) is 7.92. The number of methoxy groups -OCH3 is 1. The number of carbonyl (C=O) groups is 1. The fourth-order valence-electron chi connectivity index (χ4n) is 3.97. The van der Waals surface area contributed by atoms with Crippen LogP contribution in [-0.4, -0.2) is 30.8 Å². The highest BCUT2D eigenvalue weighted by Crippen LogP contribution is 2.34. The summed E-state index contributed by atoms with van der Waals surface area (Å²) >= 11 is 0. The van der Waals surface area contributed by atoms with Gasteiger partial charge in [-0.25, -0.2) is 8.78 Å². The smallest absolute Gasteiger partial charge is 0.310 e. The molecule has 4 aromatic rings. The highest BCUT2D eigenvalue weighted by Gasteiger charge is 2.19. The molecular weight excluding hydrogens is 470 g/mol. The van der Waals surface area contributed by atoms with E-state index in [2.05, 4.69) is 4.98 Å². The predicted molar refractivity (Wildman–Crippen MR) is 129 cm³/mol.